The van der Waals surface area contributed by atoms with Crippen molar-refractivity contribution in [2.45, 2.75) is 32.9 Å². The summed E-state index contributed by atoms with van der Waals surface area (Å²) in [5.41, 5.74) is 5.27. The fourth-order valence-electron chi connectivity index (χ4n) is 2.92. The lowest BCUT2D eigenvalue weighted by Crippen LogP contribution is -2.09. The number of hydrogen-bond donors (Lipinski definition) is 0. The zero-order chi connectivity index (χ0) is 18.8. The molecule has 0 amide bonds. The van der Waals surface area contributed by atoms with Gasteiger partial charge in [-0.25, -0.2) is 4.39 Å². The number of thioether (sulfide) groups is 1. The third-order valence-electron chi connectivity index (χ3n) is 4.47. The molecule has 0 aliphatic heterocycles. The van der Waals surface area contributed by atoms with Gasteiger partial charge in [-0.2, -0.15) is 0 Å². The fraction of sp³-hybridized carbons (Fsp3) is 0.250. The summed E-state index contributed by atoms with van der Waals surface area (Å²) >= 11 is 1.16. The Labute approximate surface area is 155 Å². The number of halogens is 1. The number of carbonyl (C=O) groups is 1. The molecule has 134 valence electrons. The van der Waals surface area contributed by atoms with E-state index in [-0.39, 0.29) is 28.2 Å². The van der Waals surface area contributed by atoms with E-state index in [0.717, 1.165) is 34.0 Å². The van der Waals surface area contributed by atoms with Crippen LogP contribution in [0.15, 0.2) is 40.0 Å². The Morgan fingerprint density at radius 2 is 1.81 bits per heavy atom. The van der Waals surface area contributed by atoms with Crippen molar-refractivity contribution in [1.29, 1.82) is 0 Å². The maximum Gasteiger partial charge on any atom is 0.277 e. The van der Waals surface area contributed by atoms with Crippen LogP contribution in [-0.2, 0) is 0 Å². The second-order valence-corrected chi connectivity index (χ2v) is 7.13. The number of Topliss-reactive ketones (excluding diaryl/α,β-unsaturated/α-hetero) is 1. The van der Waals surface area contributed by atoms with Crippen LogP contribution < -0.4 is 0 Å². The molecule has 2 aromatic carbocycles. The van der Waals surface area contributed by atoms with Crippen LogP contribution in [0.5, 0.6) is 0 Å². The van der Waals surface area contributed by atoms with E-state index in [0.29, 0.717) is 0 Å². The molecule has 26 heavy (non-hydrogen) atoms. The van der Waals surface area contributed by atoms with Gasteiger partial charge in [-0.1, -0.05) is 30.0 Å². The Kier molecular flexibility index (Phi) is 5.23. The molecule has 1 heterocycles. The number of carbonyl (C=O) groups excluding carboxylic acids is 1. The lowest BCUT2D eigenvalue weighted by Gasteiger charge is -2.13. The number of aromatic nitrogens is 2. The summed E-state index contributed by atoms with van der Waals surface area (Å²) in [7, 11) is 0. The number of aryl methyl sites for hydroxylation is 2. The van der Waals surface area contributed by atoms with Crippen LogP contribution in [0.2, 0.25) is 0 Å². The first-order valence-corrected chi connectivity index (χ1v) is 9.19. The van der Waals surface area contributed by atoms with Gasteiger partial charge in [-0.15, -0.1) is 10.2 Å². The second-order valence-electron chi connectivity index (χ2n) is 6.20. The van der Waals surface area contributed by atoms with Gasteiger partial charge in [0, 0.05) is 5.56 Å². The molecule has 0 saturated heterocycles. The van der Waals surface area contributed by atoms with Crippen LogP contribution in [0.25, 0.3) is 11.5 Å². The highest BCUT2D eigenvalue weighted by Gasteiger charge is 2.18. The Morgan fingerprint density at radius 3 is 2.54 bits per heavy atom. The van der Waals surface area contributed by atoms with Gasteiger partial charge in [0.2, 0.25) is 0 Å². The maximum atomic E-state index is 13.8. The number of benzene rings is 2. The Hall–Kier alpha value is -2.47. The largest absolute Gasteiger partial charge is 0.411 e. The van der Waals surface area contributed by atoms with Crippen molar-refractivity contribution >= 4 is 17.5 Å². The van der Waals surface area contributed by atoms with Gasteiger partial charge < -0.3 is 4.42 Å². The van der Waals surface area contributed by atoms with Crippen molar-refractivity contribution in [2.24, 2.45) is 0 Å². The summed E-state index contributed by atoms with van der Waals surface area (Å²) in [5.74, 6) is -0.121. The Balaban J connectivity index is 1.76. The molecule has 0 saturated carbocycles. The average Bonchev–Trinajstić information content (AvgIpc) is 3.07. The van der Waals surface area contributed by atoms with Crippen molar-refractivity contribution in [3.8, 4) is 11.5 Å². The van der Waals surface area contributed by atoms with E-state index in [9.17, 15) is 9.18 Å². The minimum atomic E-state index is -0.426. The molecule has 6 heteroatoms. The van der Waals surface area contributed by atoms with Gasteiger partial charge >= 0.3 is 0 Å². The van der Waals surface area contributed by atoms with Gasteiger partial charge in [0.15, 0.2) is 5.78 Å². The molecule has 0 aliphatic carbocycles. The summed E-state index contributed by atoms with van der Waals surface area (Å²) in [5, 5.41) is 8.02. The highest BCUT2D eigenvalue weighted by molar-refractivity contribution is 7.99. The molecule has 0 bridgehead atoms. The van der Waals surface area contributed by atoms with Crippen LogP contribution in [0.4, 0.5) is 4.39 Å². The maximum absolute atomic E-state index is 13.8. The van der Waals surface area contributed by atoms with Crippen molar-refractivity contribution in [1.82, 2.24) is 10.2 Å². The van der Waals surface area contributed by atoms with E-state index in [2.05, 4.69) is 10.2 Å². The van der Waals surface area contributed by atoms with Gasteiger partial charge in [0.1, 0.15) is 5.82 Å². The summed E-state index contributed by atoms with van der Waals surface area (Å²) in [6.07, 6.45) is 0. The van der Waals surface area contributed by atoms with Crippen LogP contribution in [-0.4, -0.2) is 21.7 Å². The lowest BCUT2D eigenvalue weighted by molar-refractivity contribution is 0.102. The topological polar surface area (TPSA) is 56.0 Å². The summed E-state index contributed by atoms with van der Waals surface area (Å²) in [6, 6.07) is 8.23. The fourth-order valence-corrected chi connectivity index (χ4v) is 3.56. The summed E-state index contributed by atoms with van der Waals surface area (Å²) in [6.45, 7) is 7.98. The highest BCUT2D eigenvalue weighted by atomic mass is 32.2. The number of ketones is 1. The number of nitrogens with zero attached hydrogens (tertiary/aromatic N) is 2. The second kappa shape index (κ2) is 7.41. The Bertz CT molecular complexity index is 982. The molecular formula is C20H19FN2O2S. The van der Waals surface area contributed by atoms with Crippen molar-refractivity contribution < 1.29 is 13.6 Å². The molecular weight excluding hydrogens is 351 g/mol. The third-order valence-corrected chi connectivity index (χ3v) is 5.29. The van der Waals surface area contributed by atoms with Crippen LogP contribution >= 0.6 is 11.8 Å². The molecule has 0 spiro atoms. The molecule has 3 aromatic rings. The lowest BCUT2D eigenvalue weighted by atomic mass is 9.92. The molecule has 0 N–H and O–H groups in total. The quantitative estimate of drug-likeness (QED) is 0.463. The van der Waals surface area contributed by atoms with E-state index in [4.69, 9.17) is 4.42 Å². The van der Waals surface area contributed by atoms with Crippen LogP contribution in [0.3, 0.4) is 0 Å². The molecule has 0 aliphatic rings. The first kappa shape index (κ1) is 18.3. The first-order chi connectivity index (χ1) is 12.4. The molecule has 0 atom stereocenters. The molecule has 1 aromatic heterocycles. The summed E-state index contributed by atoms with van der Waals surface area (Å²) < 4.78 is 19.3. The minimum Gasteiger partial charge on any atom is -0.411 e. The smallest absolute Gasteiger partial charge is 0.277 e. The van der Waals surface area contributed by atoms with Gasteiger partial charge in [0.05, 0.1) is 11.3 Å². The molecule has 4 nitrogen and oxygen atoms in total. The molecule has 0 unspecified atom stereocenters. The predicted octanol–water partition coefficient (Wildman–Crippen LogP) is 5.08. The number of hydrogen-bond acceptors (Lipinski definition) is 5. The van der Waals surface area contributed by atoms with E-state index < -0.39 is 5.82 Å². The first-order valence-electron chi connectivity index (χ1n) is 8.20. The average molecular weight is 370 g/mol. The van der Waals surface area contributed by atoms with Gasteiger partial charge in [-0.05, 0) is 62.1 Å². The standard InChI is InChI=1S/C20H19FN2O2S/c1-11-9-12(2)18(14(4)13(11)3)17(24)10-26-20-23-22-19(25-20)15-7-5-6-8-16(15)21/h5-9H,10H2,1-4H3. The molecule has 0 radical (unpaired) electrons. The van der Waals surface area contributed by atoms with Crippen LogP contribution in [0.1, 0.15) is 32.6 Å². The number of rotatable bonds is 5. The normalized spacial score (nSPS) is 11.0. The van der Waals surface area contributed by atoms with Gasteiger partial charge in [-0.3, -0.25) is 4.79 Å². The zero-order valence-corrected chi connectivity index (χ0v) is 15.9. The Morgan fingerprint density at radius 1 is 1.08 bits per heavy atom. The zero-order valence-electron chi connectivity index (χ0n) is 15.1. The monoisotopic (exact) mass is 370 g/mol. The molecule has 0 fully saturated rings. The van der Waals surface area contributed by atoms with E-state index in [1.165, 1.54) is 11.6 Å². The highest BCUT2D eigenvalue weighted by Crippen LogP contribution is 2.27. The van der Waals surface area contributed by atoms with Crippen molar-refractivity contribution in [2.75, 3.05) is 5.75 Å². The van der Waals surface area contributed by atoms with E-state index >= 15 is 0 Å². The third kappa shape index (κ3) is 3.55. The van der Waals surface area contributed by atoms with Crippen LogP contribution in [0, 0.1) is 33.5 Å². The van der Waals surface area contributed by atoms with E-state index in [1.54, 1.807) is 18.2 Å². The predicted molar refractivity (Wildman–Crippen MR) is 100 cm³/mol. The summed E-state index contributed by atoms with van der Waals surface area (Å²) in [4.78, 5) is 12.7. The van der Waals surface area contributed by atoms with Gasteiger partial charge in [0.25, 0.3) is 11.1 Å². The molecule has 3 rings (SSSR count). The van der Waals surface area contributed by atoms with E-state index in [1.807, 2.05) is 33.8 Å². The van der Waals surface area contributed by atoms with Crippen molar-refractivity contribution in [3.63, 3.8) is 0 Å². The van der Waals surface area contributed by atoms with Crippen molar-refractivity contribution in [3.05, 3.63) is 64.0 Å². The SMILES string of the molecule is Cc1cc(C)c(C(=O)CSc2nnc(-c3ccccc3F)o2)c(C)c1C. The minimum absolute atomic E-state index is 0.0127.